The van der Waals surface area contributed by atoms with Gasteiger partial charge in [0.15, 0.2) is 0 Å². The van der Waals surface area contributed by atoms with Crippen molar-refractivity contribution in [3.63, 3.8) is 0 Å². The molecule has 0 radical (unpaired) electrons. The van der Waals surface area contributed by atoms with Gasteiger partial charge in [-0.05, 0) is 79.4 Å². The Balaban J connectivity index is 1.78. The molecule has 4 aromatic rings. The Morgan fingerprint density at radius 3 is 2.09 bits per heavy atom. The van der Waals surface area contributed by atoms with Crippen LogP contribution in [0.15, 0.2) is 108 Å². The number of carbonyl (C=O) groups excluding carboxylic acids is 2. The molecule has 0 saturated carbocycles. The molecule has 0 aromatic heterocycles. The molecule has 0 spiro atoms. The third-order valence-corrected chi connectivity index (χ3v) is 9.59. The SMILES string of the molecule is CCOc1ccc(S(=O)(=O)N(CC(=O)N(Cc2ccc(Cl)cc2)[C@H](Cc2ccccc2)C(=O)NCC(C)C)c2ccc(C)cc2)cc1. The molecular weight excluding hydrogens is 634 g/mol. The molecule has 0 aliphatic rings. The van der Waals surface area contributed by atoms with Gasteiger partial charge in [0, 0.05) is 24.5 Å². The average Bonchev–Trinajstić information content (AvgIpc) is 3.06. The lowest BCUT2D eigenvalue weighted by Gasteiger charge is -2.34. The number of nitrogens with zero attached hydrogens (tertiary/aromatic N) is 2. The van der Waals surface area contributed by atoms with E-state index in [1.807, 2.05) is 58.0 Å². The van der Waals surface area contributed by atoms with Gasteiger partial charge in [0.25, 0.3) is 10.0 Å². The van der Waals surface area contributed by atoms with E-state index in [1.54, 1.807) is 60.7 Å². The molecule has 0 heterocycles. The minimum Gasteiger partial charge on any atom is -0.494 e. The number of amides is 2. The molecule has 1 atom stereocenters. The van der Waals surface area contributed by atoms with E-state index < -0.39 is 28.5 Å². The fourth-order valence-electron chi connectivity index (χ4n) is 5.00. The van der Waals surface area contributed by atoms with Gasteiger partial charge >= 0.3 is 0 Å². The highest BCUT2D eigenvalue weighted by Crippen LogP contribution is 2.27. The molecule has 1 N–H and O–H groups in total. The number of halogens is 1. The molecule has 0 aliphatic heterocycles. The summed E-state index contributed by atoms with van der Waals surface area (Å²) in [7, 11) is -4.22. The van der Waals surface area contributed by atoms with E-state index in [-0.39, 0.29) is 29.7 Å². The van der Waals surface area contributed by atoms with E-state index in [9.17, 15) is 18.0 Å². The van der Waals surface area contributed by atoms with Gasteiger partial charge in [0.1, 0.15) is 18.3 Å². The highest BCUT2D eigenvalue weighted by Gasteiger charge is 2.34. The summed E-state index contributed by atoms with van der Waals surface area (Å²) in [5, 5.41) is 3.53. The number of rotatable bonds is 15. The number of aryl methyl sites for hydroxylation is 1. The standard InChI is InChI=1S/C37H42ClN3O5S/c1-5-46-33-19-21-34(22-20-33)47(44,45)41(32-17-11-28(4)12-18-32)26-36(42)40(25-30-13-15-31(38)16-14-30)35(37(43)39-24-27(2)3)23-29-9-7-6-8-10-29/h6-22,27,35H,5,23-26H2,1-4H3,(H,39,43)/t35-/m1/s1. The fraction of sp³-hybridized carbons (Fsp3) is 0.297. The monoisotopic (exact) mass is 675 g/mol. The first kappa shape index (κ1) is 35.5. The third kappa shape index (κ3) is 9.83. The lowest BCUT2D eigenvalue weighted by atomic mass is 10.0. The quantitative estimate of drug-likeness (QED) is 0.152. The number of sulfonamides is 1. The summed E-state index contributed by atoms with van der Waals surface area (Å²) in [6.45, 7) is 8.13. The minimum absolute atomic E-state index is 0.00842. The fourth-order valence-corrected chi connectivity index (χ4v) is 6.54. The smallest absolute Gasteiger partial charge is 0.264 e. The van der Waals surface area contributed by atoms with E-state index in [1.165, 1.54) is 17.0 Å². The Morgan fingerprint density at radius 2 is 1.49 bits per heavy atom. The Bertz CT molecular complexity index is 1710. The maximum Gasteiger partial charge on any atom is 0.264 e. The van der Waals surface area contributed by atoms with E-state index in [0.717, 1.165) is 21.0 Å². The third-order valence-electron chi connectivity index (χ3n) is 7.55. The van der Waals surface area contributed by atoms with Crippen LogP contribution in [0.25, 0.3) is 0 Å². The first-order valence-corrected chi connectivity index (χ1v) is 17.5. The molecule has 0 bridgehead atoms. The van der Waals surface area contributed by atoms with Crippen molar-refractivity contribution in [1.82, 2.24) is 10.2 Å². The summed E-state index contributed by atoms with van der Waals surface area (Å²) in [6.07, 6.45) is 0.236. The van der Waals surface area contributed by atoms with Crippen LogP contribution in [-0.4, -0.2) is 50.9 Å². The van der Waals surface area contributed by atoms with Crippen molar-refractivity contribution in [2.75, 3.05) is 24.0 Å². The van der Waals surface area contributed by atoms with Crippen molar-refractivity contribution in [2.45, 2.75) is 51.6 Å². The first-order valence-electron chi connectivity index (χ1n) is 15.7. The number of benzene rings is 4. The predicted octanol–water partition coefficient (Wildman–Crippen LogP) is 6.65. The molecule has 0 saturated heterocycles. The number of carbonyl (C=O) groups is 2. The van der Waals surface area contributed by atoms with Gasteiger partial charge in [-0.2, -0.15) is 0 Å². The van der Waals surface area contributed by atoms with Crippen molar-refractivity contribution in [1.29, 1.82) is 0 Å². The molecule has 8 nitrogen and oxygen atoms in total. The van der Waals surface area contributed by atoms with Gasteiger partial charge in [-0.1, -0.05) is 85.6 Å². The molecule has 47 heavy (non-hydrogen) atoms. The number of ether oxygens (including phenoxy) is 1. The first-order chi connectivity index (χ1) is 22.5. The van der Waals surface area contributed by atoms with Gasteiger partial charge in [-0.25, -0.2) is 8.42 Å². The Morgan fingerprint density at radius 1 is 0.851 bits per heavy atom. The Labute approximate surface area is 283 Å². The van der Waals surface area contributed by atoms with Crippen LogP contribution >= 0.6 is 11.6 Å². The van der Waals surface area contributed by atoms with Gasteiger partial charge in [-0.15, -0.1) is 0 Å². The van der Waals surface area contributed by atoms with Gasteiger partial charge < -0.3 is 15.0 Å². The summed E-state index contributed by atoms with van der Waals surface area (Å²) < 4.78 is 35.1. The largest absolute Gasteiger partial charge is 0.494 e. The molecule has 0 fully saturated rings. The molecule has 4 rings (SSSR count). The van der Waals surface area contributed by atoms with Gasteiger partial charge in [0.05, 0.1) is 17.2 Å². The topological polar surface area (TPSA) is 96.0 Å². The van der Waals surface area contributed by atoms with Crippen LogP contribution in [0.1, 0.15) is 37.5 Å². The highest BCUT2D eigenvalue weighted by atomic mass is 35.5. The van der Waals surface area contributed by atoms with Crippen molar-refractivity contribution >= 4 is 39.1 Å². The number of anilines is 1. The van der Waals surface area contributed by atoms with Crippen LogP contribution in [0.2, 0.25) is 5.02 Å². The van der Waals surface area contributed by atoms with E-state index in [4.69, 9.17) is 16.3 Å². The van der Waals surface area contributed by atoms with Gasteiger partial charge in [0.2, 0.25) is 11.8 Å². The lowest BCUT2D eigenvalue weighted by Crippen LogP contribution is -2.53. The van der Waals surface area contributed by atoms with Crippen LogP contribution in [0.4, 0.5) is 5.69 Å². The second-order valence-electron chi connectivity index (χ2n) is 11.7. The van der Waals surface area contributed by atoms with Crippen LogP contribution in [0.3, 0.4) is 0 Å². The van der Waals surface area contributed by atoms with Crippen molar-refractivity contribution in [2.24, 2.45) is 5.92 Å². The average molecular weight is 676 g/mol. The maximum atomic E-state index is 14.6. The van der Waals surface area contributed by atoms with Crippen LogP contribution in [0, 0.1) is 12.8 Å². The molecule has 248 valence electrons. The van der Waals surface area contributed by atoms with Crippen LogP contribution < -0.4 is 14.4 Å². The molecule has 2 amide bonds. The zero-order valence-electron chi connectivity index (χ0n) is 27.2. The lowest BCUT2D eigenvalue weighted by molar-refractivity contribution is -0.140. The van der Waals surface area contributed by atoms with Crippen LogP contribution in [0.5, 0.6) is 5.75 Å². The van der Waals surface area contributed by atoms with Crippen LogP contribution in [-0.2, 0) is 32.6 Å². The summed E-state index contributed by atoms with van der Waals surface area (Å²) >= 11 is 6.16. The summed E-state index contributed by atoms with van der Waals surface area (Å²) in [6, 6.07) is 28.6. The molecular formula is C37H42ClN3O5S. The molecule has 10 heteroatoms. The maximum absolute atomic E-state index is 14.6. The zero-order chi connectivity index (χ0) is 34.0. The number of hydrogen-bond acceptors (Lipinski definition) is 5. The van der Waals surface area contributed by atoms with E-state index in [2.05, 4.69) is 5.32 Å². The second kappa shape index (κ2) is 16.5. The summed E-state index contributed by atoms with van der Waals surface area (Å²) in [5.41, 5.74) is 2.87. The van der Waals surface area contributed by atoms with Gasteiger partial charge in [-0.3, -0.25) is 13.9 Å². The summed E-state index contributed by atoms with van der Waals surface area (Å²) in [4.78, 5) is 29.9. The predicted molar refractivity (Wildman–Crippen MR) is 187 cm³/mol. The van der Waals surface area contributed by atoms with Crippen molar-refractivity contribution < 1.29 is 22.7 Å². The van der Waals surface area contributed by atoms with E-state index in [0.29, 0.717) is 29.6 Å². The number of hydrogen-bond donors (Lipinski definition) is 1. The van der Waals surface area contributed by atoms with Crippen molar-refractivity contribution in [3.8, 4) is 5.75 Å². The normalized spacial score (nSPS) is 12.0. The summed E-state index contributed by atoms with van der Waals surface area (Å²) in [5.74, 6) is -0.125. The zero-order valence-corrected chi connectivity index (χ0v) is 28.8. The molecule has 0 unspecified atom stereocenters. The van der Waals surface area contributed by atoms with Crippen molar-refractivity contribution in [3.05, 3.63) is 125 Å². The minimum atomic E-state index is -4.22. The Hall–Kier alpha value is -4.34. The highest BCUT2D eigenvalue weighted by molar-refractivity contribution is 7.92. The second-order valence-corrected chi connectivity index (χ2v) is 14.0. The molecule has 4 aromatic carbocycles. The Kier molecular flexibility index (Phi) is 12.4. The molecule has 0 aliphatic carbocycles. The van der Waals surface area contributed by atoms with E-state index >= 15 is 0 Å². The number of nitrogens with one attached hydrogen (secondary N) is 1.